The van der Waals surface area contributed by atoms with Gasteiger partial charge in [0.15, 0.2) is 6.10 Å². The zero-order valence-corrected chi connectivity index (χ0v) is 17.5. The molecule has 156 valence electrons. The number of aryl methyl sites for hydroxylation is 1. The van der Waals surface area contributed by atoms with Gasteiger partial charge in [0.05, 0.1) is 22.5 Å². The van der Waals surface area contributed by atoms with Crippen LogP contribution in [-0.4, -0.2) is 17.9 Å². The maximum atomic E-state index is 14.1. The van der Waals surface area contributed by atoms with Crippen LogP contribution in [0.2, 0.25) is 10.0 Å². The molecule has 0 fully saturated rings. The molecule has 6 nitrogen and oxygen atoms in total. The first-order valence-corrected chi connectivity index (χ1v) is 9.58. The van der Waals surface area contributed by atoms with Crippen LogP contribution in [0.3, 0.4) is 0 Å². The normalized spacial score (nSPS) is 11.6. The van der Waals surface area contributed by atoms with Gasteiger partial charge in [-0.05, 0) is 50.2 Å². The van der Waals surface area contributed by atoms with E-state index in [0.717, 1.165) is 6.07 Å². The number of benzene rings is 2. The van der Waals surface area contributed by atoms with E-state index in [-0.39, 0.29) is 27.7 Å². The second-order valence-corrected chi connectivity index (χ2v) is 7.13. The summed E-state index contributed by atoms with van der Waals surface area (Å²) in [5.41, 5.74) is 0.461. The minimum absolute atomic E-state index is 0.0927. The molecule has 2 aromatic carbocycles. The van der Waals surface area contributed by atoms with Crippen molar-refractivity contribution in [1.29, 1.82) is 0 Å². The maximum Gasteiger partial charge on any atom is 0.265 e. The van der Waals surface area contributed by atoms with Crippen molar-refractivity contribution >= 4 is 46.4 Å². The van der Waals surface area contributed by atoms with Crippen LogP contribution in [0.15, 0.2) is 53.1 Å². The van der Waals surface area contributed by atoms with Crippen LogP contribution in [0.5, 0.6) is 5.75 Å². The third-order valence-corrected chi connectivity index (χ3v) is 4.98. The van der Waals surface area contributed by atoms with E-state index >= 15 is 0 Å². The van der Waals surface area contributed by atoms with Crippen molar-refractivity contribution in [3.8, 4) is 5.75 Å². The average molecular weight is 451 g/mol. The Bertz CT molecular complexity index is 1100. The first kappa shape index (κ1) is 21.7. The summed E-state index contributed by atoms with van der Waals surface area (Å²) < 4.78 is 24.8. The minimum atomic E-state index is -0.919. The summed E-state index contributed by atoms with van der Waals surface area (Å²) in [5, 5.41) is 5.56. The van der Waals surface area contributed by atoms with Gasteiger partial charge in [-0.15, -0.1) is 0 Å². The van der Waals surface area contributed by atoms with E-state index in [0.29, 0.717) is 10.8 Å². The zero-order valence-electron chi connectivity index (χ0n) is 16.0. The molecule has 3 rings (SSSR count). The van der Waals surface area contributed by atoms with E-state index in [1.165, 1.54) is 31.4 Å². The molecule has 2 amide bonds. The van der Waals surface area contributed by atoms with E-state index in [1.54, 1.807) is 25.1 Å². The van der Waals surface area contributed by atoms with Gasteiger partial charge in [0, 0.05) is 5.69 Å². The molecule has 0 aliphatic heterocycles. The fourth-order valence-corrected chi connectivity index (χ4v) is 2.91. The van der Waals surface area contributed by atoms with Crippen molar-refractivity contribution < 1.29 is 23.1 Å². The Morgan fingerprint density at radius 1 is 1.13 bits per heavy atom. The van der Waals surface area contributed by atoms with Crippen LogP contribution in [-0.2, 0) is 4.79 Å². The number of carbonyl (C=O) groups excluding carboxylic acids is 2. The molecule has 1 unspecified atom stereocenters. The quantitative estimate of drug-likeness (QED) is 0.505. The second kappa shape index (κ2) is 9.19. The number of carbonyl (C=O) groups is 2. The highest BCUT2D eigenvalue weighted by Crippen LogP contribution is 2.32. The van der Waals surface area contributed by atoms with Crippen LogP contribution < -0.4 is 15.4 Å². The fourth-order valence-electron chi connectivity index (χ4n) is 2.57. The number of rotatable bonds is 6. The third kappa shape index (κ3) is 4.93. The summed E-state index contributed by atoms with van der Waals surface area (Å²) in [6.45, 7) is 3.15. The topological polar surface area (TPSA) is 80.6 Å². The highest BCUT2D eigenvalue weighted by Gasteiger charge is 2.19. The van der Waals surface area contributed by atoms with Gasteiger partial charge >= 0.3 is 0 Å². The summed E-state index contributed by atoms with van der Waals surface area (Å²) in [6, 6.07) is 10.1. The molecule has 2 N–H and O–H groups in total. The maximum absolute atomic E-state index is 14.1. The summed E-state index contributed by atoms with van der Waals surface area (Å²) >= 11 is 12.0. The molecule has 9 heteroatoms. The number of ether oxygens (including phenoxy) is 1. The Kier molecular flexibility index (Phi) is 6.64. The predicted molar refractivity (Wildman–Crippen MR) is 113 cm³/mol. The van der Waals surface area contributed by atoms with Gasteiger partial charge in [-0.3, -0.25) is 9.59 Å². The van der Waals surface area contributed by atoms with Crippen LogP contribution in [0, 0.1) is 12.7 Å². The standard InChI is InChI=1S/C21H17Cl2FN2O4/c1-11-14(8-9-29-11)21(28)26-17-10-13(6-7-16(17)24)25-20(27)12(2)30-18-5-3-4-15(22)19(18)23/h3-10,12H,1-2H3,(H,25,27)(H,26,28). The third-order valence-electron chi connectivity index (χ3n) is 4.17. The Labute approximate surface area is 181 Å². The lowest BCUT2D eigenvalue weighted by atomic mass is 10.2. The fraction of sp³-hybridized carbons (Fsp3) is 0.143. The SMILES string of the molecule is Cc1occc1C(=O)Nc1cc(NC(=O)C(C)Oc2cccc(Cl)c2Cl)ccc1F. The number of amides is 2. The molecule has 0 spiro atoms. The number of anilines is 2. The minimum Gasteiger partial charge on any atom is -0.479 e. The lowest BCUT2D eigenvalue weighted by Gasteiger charge is -2.16. The largest absolute Gasteiger partial charge is 0.479 e. The van der Waals surface area contributed by atoms with Crippen molar-refractivity contribution in [2.24, 2.45) is 0 Å². The van der Waals surface area contributed by atoms with Crippen molar-refractivity contribution in [2.75, 3.05) is 10.6 Å². The molecule has 30 heavy (non-hydrogen) atoms. The monoisotopic (exact) mass is 450 g/mol. The van der Waals surface area contributed by atoms with E-state index < -0.39 is 23.7 Å². The number of hydrogen-bond donors (Lipinski definition) is 2. The smallest absolute Gasteiger partial charge is 0.265 e. The Balaban J connectivity index is 1.69. The van der Waals surface area contributed by atoms with Gasteiger partial charge in [0.25, 0.3) is 11.8 Å². The number of hydrogen-bond acceptors (Lipinski definition) is 4. The molecular weight excluding hydrogens is 434 g/mol. The molecule has 1 heterocycles. The first-order chi connectivity index (χ1) is 14.3. The van der Waals surface area contributed by atoms with Gasteiger partial charge in [0.1, 0.15) is 22.3 Å². The lowest BCUT2D eigenvalue weighted by molar-refractivity contribution is -0.122. The molecule has 0 aliphatic carbocycles. The molecule has 0 aliphatic rings. The van der Waals surface area contributed by atoms with Crippen molar-refractivity contribution in [3.05, 3.63) is 75.9 Å². The number of halogens is 3. The first-order valence-electron chi connectivity index (χ1n) is 8.82. The van der Waals surface area contributed by atoms with E-state index in [4.69, 9.17) is 32.4 Å². The van der Waals surface area contributed by atoms with Crippen molar-refractivity contribution in [1.82, 2.24) is 0 Å². The predicted octanol–water partition coefficient (Wildman–Crippen LogP) is 5.69. The van der Waals surface area contributed by atoms with Crippen molar-refractivity contribution in [2.45, 2.75) is 20.0 Å². The van der Waals surface area contributed by atoms with Gasteiger partial charge in [-0.2, -0.15) is 0 Å². The molecule has 0 saturated heterocycles. The van der Waals surface area contributed by atoms with E-state index in [1.807, 2.05) is 0 Å². The number of furan rings is 1. The van der Waals surface area contributed by atoms with Crippen LogP contribution >= 0.6 is 23.2 Å². The summed E-state index contributed by atoms with van der Waals surface area (Å²) in [7, 11) is 0. The molecule has 0 saturated carbocycles. The van der Waals surface area contributed by atoms with Crippen LogP contribution in [0.25, 0.3) is 0 Å². The van der Waals surface area contributed by atoms with Gasteiger partial charge < -0.3 is 19.8 Å². The Morgan fingerprint density at radius 2 is 1.90 bits per heavy atom. The molecular formula is C21H17Cl2FN2O4. The molecule has 0 radical (unpaired) electrons. The second-order valence-electron chi connectivity index (χ2n) is 6.34. The highest BCUT2D eigenvalue weighted by molar-refractivity contribution is 6.42. The summed E-state index contributed by atoms with van der Waals surface area (Å²) in [4.78, 5) is 24.7. The molecule has 1 atom stereocenters. The Morgan fingerprint density at radius 3 is 2.60 bits per heavy atom. The molecule has 3 aromatic rings. The number of nitrogens with one attached hydrogen (secondary N) is 2. The van der Waals surface area contributed by atoms with Crippen LogP contribution in [0.4, 0.5) is 15.8 Å². The van der Waals surface area contributed by atoms with E-state index in [2.05, 4.69) is 10.6 Å². The Hall–Kier alpha value is -3.03. The lowest BCUT2D eigenvalue weighted by Crippen LogP contribution is -2.30. The van der Waals surface area contributed by atoms with Crippen molar-refractivity contribution in [3.63, 3.8) is 0 Å². The van der Waals surface area contributed by atoms with E-state index in [9.17, 15) is 14.0 Å². The average Bonchev–Trinajstić information content (AvgIpc) is 3.14. The zero-order chi connectivity index (χ0) is 21.8. The highest BCUT2D eigenvalue weighted by atomic mass is 35.5. The molecule has 1 aromatic heterocycles. The van der Waals surface area contributed by atoms with Gasteiger partial charge in [0.2, 0.25) is 0 Å². The van der Waals surface area contributed by atoms with Gasteiger partial charge in [-0.1, -0.05) is 29.3 Å². The molecule has 0 bridgehead atoms. The van der Waals surface area contributed by atoms with Gasteiger partial charge in [-0.25, -0.2) is 4.39 Å². The summed E-state index contributed by atoms with van der Waals surface area (Å²) in [6.07, 6.45) is 0.447. The summed E-state index contributed by atoms with van der Waals surface area (Å²) in [5.74, 6) is -1.02. The van der Waals surface area contributed by atoms with Crippen LogP contribution in [0.1, 0.15) is 23.0 Å².